The number of nitrogens with zero attached hydrogens (tertiary/aromatic N) is 3. The molecule has 1 amide bonds. The molecule has 5 nitrogen and oxygen atoms in total. The van der Waals surface area contributed by atoms with E-state index < -0.39 is 5.60 Å². The van der Waals surface area contributed by atoms with Crippen LogP contribution in [-0.4, -0.2) is 84.2 Å². The number of piperidine rings is 1. The second-order valence-electron chi connectivity index (χ2n) is 8.30. The van der Waals surface area contributed by atoms with Crippen molar-refractivity contribution in [2.75, 3.05) is 52.9 Å². The van der Waals surface area contributed by atoms with Crippen molar-refractivity contribution in [3.8, 4) is 0 Å². The van der Waals surface area contributed by atoms with Crippen LogP contribution in [0.15, 0.2) is 0 Å². The molecule has 3 aliphatic rings. The molecule has 2 heterocycles. The summed E-state index contributed by atoms with van der Waals surface area (Å²) in [5.74, 6) is 0.780. The maximum absolute atomic E-state index is 12.9. The van der Waals surface area contributed by atoms with Gasteiger partial charge in [-0.1, -0.05) is 32.1 Å². The van der Waals surface area contributed by atoms with Crippen molar-refractivity contribution >= 4 is 5.91 Å². The number of amides is 1. The van der Waals surface area contributed by atoms with Gasteiger partial charge in [0.25, 0.3) is 5.91 Å². The minimum atomic E-state index is -1.15. The van der Waals surface area contributed by atoms with Crippen molar-refractivity contribution in [1.82, 2.24) is 14.7 Å². The fourth-order valence-corrected chi connectivity index (χ4v) is 4.62. The van der Waals surface area contributed by atoms with E-state index in [2.05, 4.69) is 16.8 Å². The molecule has 0 aromatic heterocycles. The first-order valence-corrected chi connectivity index (χ1v) is 9.99. The summed E-state index contributed by atoms with van der Waals surface area (Å²) in [5.41, 5.74) is -1.15. The average Bonchev–Trinajstić information content (AvgIpc) is 2.59. The van der Waals surface area contributed by atoms with Crippen molar-refractivity contribution in [2.24, 2.45) is 5.92 Å². The molecule has 3 rings (SSSR count). The molecule has 0 aromatic carbocycles. The first-order chi connectivity index (χ1) is 11.6. The zero-order chi connectivity index (χ0) is 17.0. The number of β-amino-alcohol motifs (C(OH)–C–C–N with tert-alkyl or cyclic N) is 1. The molecule has 1 atom stereocenters. The van der Waals surface area contributed by atoms with E-state index in [0.29, 0.717) is 13.0 Å². The van der Waals surface area contributed by atoms with E-state index in [4.69, 9.17) is 0 Å². The molecule has 0 aromatic rings. The highest BCUT2D eigenvalue weighted by Gasteiger charge is 2.43. The maximum atomic E-state index is 12.9. The fourth-order valence-electron chi connectivity index (χ4n) is 4.62. The van der Waals surface area contributed by atoms with Crippen LogP contribution in [0.2, 0.25) is 0 Å². The highest BCUT2D eigenvalue weighted by Crippen LogP contribution is 2.29. The van der Waals surface area contributed by atoms with E-state index in [1.54, 1.807) is 0 Å². The lowest BCUT2D eigenvalue weighted by atomic mass is 9.86. The zero-order valence-electron chi connectivity index (χ0n) is 15.4. The molecule has 0 unspecified atom stereocenters. The number of rotatable bonds is 5. The van der Waals surface area contributed by atoms with Crippen LogP contribution in [0.1, 0.15) is 51.4 Å². The Balaban J connectivity index is 1.51. The van der Waals surface area contributed by atoms with Gasteiger partial charge in [-0.2, -0.15) is 0 Å². The van der Waals surface area contributed by atoms with Crippen LogP contribution in [-0.2, 0) is 4.79 Å². The van der Waals surface area contributed by atoms with E-state index in [-0.39, 0.29) is 5.91 Å². The molecule has 5 heteroatoms. The average molecular weight is 338 g/mol. The van der Waals surface area contributed by atoms with Crippen LogP contribution in [0.3, 0.4) is 0 Å². The van der Waals surface area contributed by atoms with Gasteiger partial charge in [-0.15, -0.1) is 0 Å². The minimum Gasteiger partial charge on any atom is -0.379 e. The lowest BCUT2D eigenvalue weighted by Gasteiger charge is -2.43. The van der Waals surface area contributed by atoms with Crippen molar-refractivity contribution < 1.29 is 9.90 Å². The van der Waals surface area contributed by atoms with E-state index in [1.807, 2.05) is 4.90 Å². The molecule has 0 spiro atoms. The molecule has 24 heavy (non-hydrogen) atoms. The van der Waals surface area contributed by atoms with E-state index in [9.17, 15) is 9.90 Å². The summed E-state index contributed by atoms with van der Waals surface area (Å²) in [6.07, 6.45) is 9.41. The van der Waals surface area contributed by atoms with Crippen molar-refractivity contribution in [1.29, 1.82) is 0 Å². The Labute approximate surface area is 147 Å². The predicted octanol–water partition coefficient (Wildman–Crippen LogP) is 1.56. The fraction of sp³-hybridized carbons (Fsp3) is 0.947. The van der Waals surface area contributed by atoms with Gasteiger partial charge in [0.1, 0.15) is 0 Å². The molecular formula is C19H35N3O2. The van der Waals surface area contributed by atoms with Gasteiger partial charge in [-0.3, -0.25) is 9.69 Å². The summed E-state index contributed by atoms with van der Waals surface area (Å²) < 4.78 is 0. The van der Waals surface area contributed by atoms with Crippen molar-refractivity contribution in [3.63, 3.8) is 0 Å². The number of hydrogen-bond acceptors (Lipinski definition) is 4. The highest BCUT2D eigenvalue weighted by molar-refractivity contribution is 5.86. The van der Waals surface area contributed by atoms with Crippen LogP contribution in [0, 0.1) is 5.92 Å². The van der Waals surface area contributed by atoms with Crippen LogP contribution in [0.4, 0.5) is 0 Å². The Morgan fingerprint density at radius 1 is 1.04 bits per heavy atom. The van der Waals surface area contributed by atoms with Crippen LogP contribution in [0.5, 0.6) is 0 Å². The van der Waals surface area contributed by atoms with E-state index in [0.717, 1.165) is 58.0 Å². The molecule has 1 N–H and O–H groups in total. The number of likely N-dealkylation sites (N-methyl/N-ethyl adjacent to an activating group) is 1. The monoisotopic (exact) mass is 337 g/mol. The summed E-state index contributed by atoms with van der Waals surface area (Å²) in [4.78, 5) is 19.4. The van der Waals surface area contributed by atoms with Crippen molar-refractivity contribution in [2.45, 2.75) is 57.0 Å². The number of hydrogen-bond donors (Lipinski definition) is 1. The SMILES string of the molecule is CN1CCN(C[C@]2(O)CCCN(CCC3CCCCC3)C2=O)CC1. The Kier molecular flexibility index (Phi) is 6.17. The molecule has 3 fully saturated rings. The summed E-state index contributed by atoms with van der Waals surface area (Å²) in [6, 6.07) is 0. The number of piperazine rings is 1. The second-order valence-corrected chi connectivity index (χ2v) is 8.30. The topological polar surface area (TPSA) is 47.0 Å². The number of aliphatic hydroxyl groups is 1. The Morgan fingerprint density at radius 3 is 2.46 bits per heavy atom. The highest BCUT2D eigenvalue weighted by atomic mass is 16.3. The molecule has 2 saturated heterocycles. The van der Waals surface area contributed by atoms with Crippen LogP contribution >= 0.6 is 0 Å². The van der Waals surface area contributed by atoms with Gasteiger partial charge in [0.2, 0.25) is 0 Å². The van der Waals surface area contributed by atoms with Crippen LogP contribution < -0.4 is 0 Å². The Hall–Kier alpha value is -0.650. The minimum absolute atomic E-state index is 0.0107. The van der Waals surface area contributed by atoms with Gasteiger partial charge in [0, 0.05) is 45.8 Å². The molecule has 138 valence electrons. The Bertz CT molecular complexity index is 417. The molecular weight excluding hydrogens is 302 g/mol. The summed E-state index contributed by atoms with van der Waals surface area (Å²) in [7, 11) is 2.13. The molecule has 2 aliphatic heterocycles. The van der Waals surface area contributed by atoms with E-state index in [1.165, 1.54) is 32.1 Å². The second kappa shape index (κ2) is 8.15. The third-order valence-electron chi connectivity index (χ3n) is 6.32. The lowest BCUT2D eigenvalue weighted by molar-refractivity contribution is -0.160. The van der Waals surface area contributed by atoms with Crippen LogP contribution in [0.25, 0.3) is 0 Å². The first-order valence-electron chi connectivity index (χ1n) is 9.99. The molecule has 1 saturated carbocycles. The Morgan fingerprint density at radius 2 is 1.75 bits per heavy atom. The number of carbonyl (C=O) groups excluding carboxylic acids is 1. The largest absolute Gasteiger partial charge is 0.379 e. The van der Waals surface area contributed by atoms with Gasteiger partial charge in [-0.05, 0) is 32.2 Å². The normalized spacial score (nSPS) is 31.6. The quantitative estimate of drug-likeness (QED) is 0.827. The van der Waals surface area contributed by atoms with Gasteiger partial charge in [0.05, 0.1) is 0 Å². The van der Waals surface area contributed by atoms with Gasteiger partial charge < -0.3 is 14.9 Å². The van der Waals surface area contributed by atoms with E-state index >= 15 is 0 Å². The smallest absolute Gasteiger partial charge is 0.255 e. The summed E-state index contributed by atoms with van der Waals surface area (Å²) in [5, 5.41) is 11.0. The summed E-state index contributed by atoms with van der Waals surface area (Å²) in [6.45, 7) is 6.14. The number of carbonyl (C=O) groups is 1. The first kappa shape index (κ1) is 18.2. The van der Waals surface area contributed by atoms with Crippen molar-refractivity contribution in [3.05, 3.63) is 0 Å². The third-order valence-corrected chi connectivity index (χ3v) is 6.32. The summed E-state index contributed by atoms with van der Waals surface area (Å²) >= 11 is 0. The van der Waals surface area contributed by atoms with Gasteiger partial charge in [0.15, 0.2) is 5.60 Å². The third kappa shape index (κ3) is 4.50. The number of likely N-dealkylation sites (tertiary alicyclic amines) is 1. The maximum Gasteiger partial charge on any atom is 0.255 e. The van der Waals surface area contributed by atoms with Gasteiger partial charge in [-0.25, -0.2) is 0 Å². The molecule has 0 bridgehead atoms. The van der Waals surface area contributed by atoms with Gasteiger partial charge >= 0.3 is 0 Å². The molecule has 1 aliphatic carbocycles. The zero-order valence-corrected chi connectivity index (χ0v) is 15.4. The standard InChI is InChI=1S/C19H35N3O2/c1-20-12-14-21(15-13-20)16-19(24)9-5-10-22(18(19)23)11-8-17-6-3-2-4-7-17/h17,24H,2-16H2,1H3/t19-/m1/s1. The predicted molar refractivity (Wildman–Crippen MR) is 95.9 cm³/mol. The lowest BCUT2D eigenvalue weighted by Crippen LogP contribution is -2.60. The molecule has 0 radical (unpaired) electrons.